The first kappa shape index (κ1) is 12.7. The zero-order valence-corrected chi connectivity index (χ0v) is 8.68. The summed E-state index contributed by atoms with van der Waals surface area (Å²) in [5.41, 5.74) is 6.62. The van der Waals surface area contributed by atoms with Crippen molar-refractivity contribution in [3.05, 3.63) is 34.9 Å². The van der Waals surface area contributed by atoms with E-state index in [1.165, 1.54) is 0 Å². The van der Waals surface area contributed by atoms with E-state index in [2.05, 4.69) is 0 Å². The second kappa shape index (κ2) is 6.22. The zero-order valence-electron chi connectivity index (χ0n) is 7.11. The van der Waals surface area contributed by atoms with Gasteiger partial charge in [0.15, 0.2) is 0 Å². The van der Waals surface area contributed by atoms with E-state index in [1.807, 2.05) is 24.3 Å². The Balaban J connectivity index is 0.00000144. The van der Waals surface area contributed by atoms with Gasteiger partial charge in [-0.25, -0.2) is 0 Å². The molecular weight excluding hydrogens is 209 g/mol. The number of nitrogens with two attached hydrogens (primary N) is 1. The Kier molecular flexibility index (Phi) is 6.08. The fourth-order valence-electron chi connectivity index (χ4n) is 1.03. The van der Waals surface area contributed by atoms with Crippen LogP contribution in [0, 0.1) is 0 Å². The van der Waals surface area contributed by atoms with Crippen LogP contribution in [0.3, 0.4) is 0 Å². The third kappa shape index (κ3) is 4.48. The Morgan fingerprint density at radius 1 is 1.46 bits per heavy atom. The van der Waals surface area contributed by atoms with Crippen LogP contribution in [0.4, 0.5) is 0 Å². The van der Waals surface area contributed by atoms with Gasteiger partial charge in [0, 0.05) is 11.1 Å². The van der Waals surface area contributed by atoms with Gasteiger partial charge in [0.05, 0.1) is 6.61 Å². The number of rotatable bonds is 3. The molecule has 1 rings (SSSR count). The number of aliphatic hydroxyl groups excluding tert-OH is 1. The SMILES string of the molecule is Cl.N[C@H](CO)Cc1cccc(Cl)c1. The molecule has 0 saturated heterocycles. The molecule has 74 valence electrons. The molecule has 1 atom stereocenters. The maximum atomic E-state index is 8.71. The highest BCUT2D eigenvalue weighted by Crippen LogP contribution is 2.11. The lowest BCUT2D eigenvalue weighted by Gasteiger charge is -2.07. The molecule has 0 aliphatic carbocycles. The molecular formula is C9H13Cl2NO. The topological polar surface area (TPSA) is 46.2 Å². The smallest absolute Gasteiger partial charge is 0.0585 e. The first-order valence-electron chi connectivity index (χ1n) is 3.83. The first-order valence-corrected chi connectivity index (χ1v) is 4.21. The first-order chi connectivity index (χ1) is 5.72. The van der Waals surface area contributed by atoms with Gasteiger partial charge in [-0.05, 0) is 24.1 Å². The minimum absolute atomic E-state index is 0. The summed E-state index contributed by atoms with van der Waals surface area (Å²) >= 11 is 5.77. The van der Waals surface area contributed by atoms with E-state index < -0.39 is 0 Å². The van der Waals surface area contributed by atoms with Gasteiger partial charge in [0.1, 0.15) is 0 Å². The van der Waals surface area contributed by atoms with Crippen LogP contribution >= 0.6 is 24.0 Å². The van der Waals surface area contributed by atoms with E-state index in [-0.39, 0.29) is 25.1 Å². The van der Waals surface area contributed by atoms with Crippen LogP contribution < -0.4 is 5.73 Å². The van der Waals surface area contributed by atoms with Crippen LogP contribution in [0.2, 0.25) is 5.02 Å². The maximum absolute atomic E-state index is 8.71. The van der Waals surface area contributed by atoms with Gasteiger partial charge in [-0.15, -0.1) is 12.4 Å². The monoisotopic (exact) mass is 221 g/mol. The third-order valence-electron chi connectivity index (χ3n) is 1.62. The average Bonchev–Trinajstić information content (AvgIpc) is 2.04. The summed E-state index contributed by atoms with van der Waals surface area (Å²) in [4.78, 5) is 0. The van der Waals surface area contributed by atoms with Gasteiger partial charge in [-0.1, -0.05) is 23.7 Å². The molecule has 0 spiro atoms. The molecule has 1 aromatic rings. The van der Waals surface area contributed by atoms with Crippen molar-refractivity contribution >= 4 is 24.0 Å². The Morgan fingerprint density at radius 2 is 2.15 bits per heavy atom. The van der Waals surface area contributed by atoms with E-state index in [4.69, 9.17) is 22.4 Å². The third-order valence-corrected chi connectivity index (χ3v) is 1.86. The van der Waals surface area contributed by atoms with Gasteiger partial charge in [0.2, 0.25) is 0 Å². The van der Waals surface area contributed by atoms with Gasteiger partial charge in [-0.2, -0.15) is 0 Å². The molecule has 3 N–H and O–H groups in total. The Hall–Kier alpha value is -0.280. The van der Waals surface area contributed by atoms with E-state index in [9.17, 15) is 0 Å². The van der Waals surface area contributed by atoms with Gasteiger partial charge in [0.25, 0.3) is 0 Å². The number of benzene rings is 1. The molecule has 0 aliphatic rings. The summed E-state index contributed by atoms with van der Waals surface area (Å²) in [7, 11) is 0. The van der Waals surface area contributed by atoms with Crippen LogP contribution in [-0.2, 0) is 6.42 Å². The highest BCUT2D eigenvalue weighted by atomic mass is 35.5. The fourth-order valence-corrected chi connectivity index (χ4v) is 1.24. The van der Waals surface area contributed by atoms with Crippen molar-refractivity contribution < 1.29 is 5.11 Å². The van der Waals surface area contributed by atoms with Crippen LogP contribution in [0.15, 0.2) is 24.3 Å². The summed E-state index contributed by atoms with van der Waals surface area (Å²) in [5, 5.41) is 9.41. The zero-order chi connectivity index (χ0) is 8.97. The van der Waals surface area contributed by atoms with Gasteiger partial charge < -0.3 is 10.8 Å². The number of hydrogen-bond donors (Lipinski definition) is 2. The highest BCUT2D eigenvalue weighted by Gasteiger charge is 2.01. The predicted octanol–water partition coefficient (Wildman–Crippen LogP) is 1.62. The van der Waals surface area contributed by atoms with Crippen molar-refractivity contribution in [2.75, 3.05) is 6.61 Å². The van der Waals surface area contributed by atoms with E-state index in [0.29, 0.717) is 11.4 Å². The lowest BCUT2D eigenvalue weighted by atomic mass is 10.1. The summed E-state index contributed by atoms with van der Waals surface area (Å²) < 4.78 is 0. The lowest BCUT2D eigenvalue weighted by molar-refractivity contribution is 0.265. The minimum Gasteiger partial charge on any atom is -0.395 e. The van der Waals surface area contributed by atoms with E-state index in [1.54, 1.807) is 0 Å². The average molecular weight is 222 g/mol. The van der Waals surface area contributed by atoms with Gasteiger partial charge >= 0.3 is 0 Å². The molecule has 0 fully saturated rings. The number of aliphatic hydroxyl groups is 1. The summed E-state index contributed by atoms with van der Waals surface area (Å²) in [6, 6.07) is 7.30. The largest absolute Gasteiger partial charge is 0.395 e. The number of hydrogen-bond acceptors (Lipinski definition) is 2. The Labute approximate surface area is 89.1 Å². The molecule has 0 amide bonds. The van der Waals surface area contributed by atoms with Gasteiger partial charge in [-0.3, -0.25) is 0 Å². The molecule has 0 saturated carbocycles. The van der Waals surface area contributed by atoms with Crippen molar-refractivity contribution in [2.24, 2.45) is 5.73 Å². The molecule has 2 nitrogen and oxygen atoms in total. The van der Waals surface area contributed by atoms with Crippen molar-refractivity contribution in [3.8, 4) is 0 Å². The standard InChI is InChI=1S/C9H12ClNO.ClH/c10-8-3-1-2-7(4-8)5-9(11)6-12;/h1-4,9,12H,5-6,11H2;1H/t9-;/m0./s1. The summed E-state index contributed by atoms with van der Waals surface area (Å²) in [6.07, 6.45) is 0.664. The normalized spacial score (nSPS) is 11.9. The molecule has 1 aromatic carbocycles. The maximum Gasteiger partial charge on any atom is 0.0585 e. The van der Waals surface area contributed by atoms with Crippen molar-refractivity contribution in [2.45, 2.75) is 12.5 Å². The molecule has 0 heterocycles. The fraction of sp³-hybridized carbons (Fsp3) is 0.333. The Morgan fingerprint density at radius 3 is 2.69 bits per heavy atom. The van der Waals surface area contributed by atoms with Crippen LogP contribution in [0.25, 0.3) is 0 Å². The van der Waals surface area contributed by atoms with Crippen LogP contribution in [0.5, 0.6) is 0 Å². The van der Waals surface area contributed by atoms with E-state index >= 15 is 0 Å². The molecule has 0 unspecified atom stereocenters. The highest BCUT2D eigenvalue weighted by molar-refractivity contribution is 6.30. The molecule has 0 radical (unpaired) electrons. The van der Waals surface area contributed by atoms with Crippen molar-refractivity contribution in [3.63, 3.8) is 0 Å². The molecule has 13 heavy (non-hydrogen) atoms. The molecule has 0 aromatic heterocycles. The van der Waals surface area contributed by atoms with Crippen molar-refractivity contribution in [1.29, 1.82) is 0 Å². The predicted molar refractivity (Wildman–Crippen MR) is 57.5 cm³/mol. The molecule has 0 bridgehead atoms. The Bertz CT molecular complexity index is 255. The molecule has 0 aliphatic heterocycles. The molecule has 4 heteroatoms. The summed E-state index contributed by atoms with van der Waals surface area (Å²) in [5.74, 6) is 0. The van der Waals surface area contributed by atoms with Crippen molar-refractivity contribution in [1.82, 2.24) is 0 Å². The minimum atomic E-state index is -0.191. The second-order valence-electron chi connectivity index (χ2n) is 2.78. The van der Waals surface area contributed by atoms with Crippen LogP contribution in [-0.4, -0.2) is 17.8 Å². The second-order valence-corrected chi connectivity index (χ2v) is 3.21. The quantitative estimate of drug-likeness (QED) is 0.816. The lowest BCUT2D eigenvalue weighted by Crippen LogP contribution is -2.26. The number of halogens is 2. The van der Waals surface area contributed by atoms with Crippen LogP contribution in [0.1, 0.15) is 5.56 Å². The van der Waals surface area contributed by atoms with E-state index in [0.717, 1.165) is 5.56 Å². The summed E-state index contributed by atoms with van der Waals surface area (Å²) in [6.45, 7) is 0.00646.